The Labute approximate surface area is 156 Å². The number of hydrogen-bond donors (Lipinski definition) is 0. The van der Waals surface area contributed by atoms with Crippen LogP contribution in [-0.4, -0.2) is 35.8 Å². The van der Waals surface area contributed by atoms with E-state index < -0.39 is 5.97 Å². The van der Waals surface area contributed by atoms with Gasteiger partial charge in [0, 0.05) is 18.8 Å². The van der Waals surface area contributed by atoms with E-state index in [0.29, 0.717) is 0 Å². The van der Waals surface area contributed by atoms with Crippen molar-refractivity contribution in [3.63, 3.8) is 0 Å². The van der Waals surface area contributed by atoms with E-state index in [-0.39, 0.29) is 48.6 Å². The third-order valence-electron chi connectivity index (χ3n) is 6.16. The largest absolute Gasteiger partial charge is 0.464 e. The molecule has 0 saturated carbocycles. The van der Waals surface area contributed by atoms with Gasteiger partial charge < -0.3 is 4.74 Å². The Morgan fingerprint density at radius 1 is 0.852 bits per heavy atom. The summed E-state index contributed by atoms with van der Waals surface area (Å²) in [6.45, 7) is 1.48. The molecule has 2 atom stereocenters. The summed E-state index contributed by atoms with van der Waals surface area (Å²) in [5.74, 6) is -1.63. The van der Waals surface area contributed by atoms with Crippen LogP contribution in [0, 0.1) is 11.8 Å². The number of imide groups is 1. The van der Waals surface area contributed by atoms with E-state index in [4.69, 9.17) is 4.74 Å². The predicted molar refractivity (Wildman–Crippen MR) is 96.9 cm³/mol. The fourth-order valence-corrected chi connectivity index (χ4v) is 5.24. The molecule has 1 heterocycles. The molecule has 1 aliphatic heterocycles. The standard InChI is InChI=1S/C22H19NO4/c1-12(24)27-11-10-23-21(25)19-17-13-6-2-3-7-14(13)18(20(19)22(23)26)16-9-5-4-8-15(16)17/h2-9,17-20H,10-11H2,1H3/t17?,18?,19-,20-/m1/s1. The van der Waals surface area contributed by atoms with Crippen molar-refractivity contribution in [1.82, 2.24) is 4.90 Å². The van der Waals surface area contributed by atoms with Gasteiger partial charge in [0.2, 0.25) is 11.8 Å². The molecule has 0 radical (unpaired) electrons. The lowest BCUT2D eigenvalue weighted by molar-refractivity contribution is -0.147. The van der Waals surface area contributed by atoms with Gasteiger partial charge in [0.05, 0.1) is 18.4 Å². The summed E-state index contributed by atoms with van der Waals surface area (Å²) in [6.07, 6.45) is 0. The quantitative estimate of drug-likeness (QED) is 0.622. The Bertz CT molecular complexity index is 866. The van der Waals surface area contributed by atoms with Crippen LogP contribution in [0.3, 0.4) is 0 Å². The zero-order valence-electron chi connectivity index (χ0n) is 14.9. The van der Waals surface area contributed by atoms with E-state index in [0.717, 1.165) is 22.3 Å². The molecule has 27 heavy (non-hydrogen) atoms. The van der Waals surface area contributed by atoms with Gasteiger partial charge >= 0.3 is 5.97 Å². The molecule has 2 aromatic rings. The Kier molecular flexibility index (Phi) is 3.47. The fraction of sp³-hybridized carbons (Fsp3) is 0.318. The first-order valence-electron chi connectivity index (χ1n) is 9.26. The monoisotopic (exact) mass is 361 g/mol. The van der Waals surface area contributed by atoms with Crippen LogP contribution in [0.5, 0.6) is 0 Å². The summed E-state index contributed by atoms with van der Waals surface area (Å²) < 4.78 is 4.96. The van der Waals surface area contributed by atoms with Gasteiger partial charge in [-0.25, -0.2) is 0 Å². The molecule has 2 bridgehead atoms. The highest BCUT2D eigenvalue weighted by atomic mass is 16.5. The van der Waals surface area contributed by atoms with Crippen molar-refractivity contribution in [1.29, 1.82) is 0 Å². The van der Waals surface area contributed by atoms with E-state index in [9.17, 15) is 14.4 Å². The number of rotatable bonds is 3. The van der Waals surface area contributed by atoms with Crippen LogP contribution >= 0.6 is 0 Å². The maximum Gasteiger partial charge on any atom is 0.302 e. The predicted octanol–water partition coefficient (Wildman–Crippen LogP) is 2.44. The first-order valence-corrected chi connectivity index (χ1v) is 9.26. The minimum Gasteiger partial charge on any atom is -0.464 e. The number of ether oxygens (including phenoxy) is 1. The van der Waals surface area contributed by atoms with Crippen LogP contribution in [0.15, 0.2) is 48.5 Å². The van der Waals surface area contributed by atoms with Crippen molar-refractivity contribution in [2.24, 2.45) is 11.8 Å². The highest BCUT2D eigenvalue weighted by Gasteiger charge is 2.61. The van der Waals surface area contributed by atoms with Gasteiger partial charge in [0.25, 0.3) is 0 Å². The Morgan fingerprint density at radius 2 is 1.26 bits per heavy atom. The third kappa shape index (κ3) is 2.14. The van der Waals surface area contributed by atoms with Crippen LogP contribution in [0.4, 0.5) is 0 Å². The maximum absolute atomic E-state index is 13.2. The lowest BCUT2D eigenvalue weighted by Crippen LogP contribution is -2.41. The molecular formula is C22H19NO4. The molecule has 0 unspecified atom stereocenters. The fourth-order valence-electron chi connectivity index (χ4n) is 5.24. The Balaban J connectivity index is 1.60. The minimum absolute atomic E-state index is 0.0431. The second kappa shape index (κ2) is 5.78. The van der Waals surface area contributed by atoms with Crippen LogP contribution < -0.4 is 0 Å². The van der Waals surface area contributed by atoms with Crippen molar-refractivity contribution < 1.29 is 19.1 Å². The topological polar surface area (TPSA) is 63.7 Å². The van der Waals surface area contributed by atoms with Crippen LogP contribution in [-0.2, 0) is 19.1 Å². The normalized spacial score (nSPS) is 27.2. The van der Waals surface area contributed by atoms with Gasteiger partial charge in [-0.2, -0.15) is 0 Å². The van der Waals surface area contributed by atoms with Crippen molar-refractivity contribution in [3.8, 4) is 0 Å². The highest BCUT2D eigenvalue weighted by Crippen LogP contribution is 2.60. The molecule has 4 aliphatic rings. The summed E-state index contributed by atoms with van der Waals surface area (Å²) >= 11 is 0. The lowest BCUT2D eigenvalue weighted by Gasteiger charge is -2.45. The number of esters is 1. The van der Waals surface area contributed by atoms with E-state index in [1.54, 1.807) is 0 Å². The van der Waals surface area contributed by atoms with Crippen molar-refractivity contribution in [3.05, 3.63) is 70.8 Å². The van der Waals surface area contributed by atoms with E-state index in [2.05, 4.69) is 24.3 Å². The smallest absolute Gasteiger partial charge is 0.302 e. The zero-order chi connectivity index (χ0) is 18.7. The van der Waals surface area contributed by atoms with E-state index >= 15 is 0 Å². The second-order valence-electron chi connectivity index (χ2n) is 7.43. The molecule has 136 valence electrons. The van der Waals surface area contributed by atoms with Gasteiger partial charge in [-0.1, -0.05) is 48.5 Å². The van der Waals surface area contributed by atoms with Crippen molar-refractivity contribution in [2.45, 2.75) is 18.8 Å². The SMILES string of the molecule is CC(=O)OCCN1C(=O)[C@@H]2C3c4ccccc4C(c4ccccc43)[C@H]2C1=O. The Morgan fingerprint density at radius 3 is 1.63 bits per heavy atom. The van der Waals surface area contributed by atoms with E-state index in [1.807, 2.05) is 24.3 Å². The van der Waals surface area contributed by atoms with Crippen molar-refractivity contribution in [2.75, 3.05) is 13.2 Å². The van der Waals surface area contributed by atoms with Crippen LogP contribution in [0.1, 0.15) is 41.0 Å². The van der Waals surface area contributed by atoms with Crippen molar-refractivity contribution >= 4 is 17.8 Å². The summed E-state index contributed by atoms with van der Waals surface area (Å²) in [5.41, 5.74) is 4.63. The molecule has 1 saturated heterocycles. The lowest BCUT2D eigenvalue weighted by atomic mass is 9.55. The molecule has 5 heteroatoms. The summed E-state index contributed by atoms with van der Waals surface area (Å²) in [7, 11) is 0. The number of hydrogen-bond acceptors (Lipinski definition) is 4. The molecule has 0 spiro atoms. The third-order valence-corrected chi connectivity index (χ3v) is 6.16. The molecular weight excluding hydrogens is 342 g/mol. The molecule has 2 aromatic carbocycles. The van der Waals surface area contributed by atoms with E-state index in [1.165, 1.54) is 11.8 Å². The minimum atomic E-state index is -0.411. The van der Waals surface area contributed by atoms with Gasteiger partial charge in [0.15, 0.2) is 0 Å². The van der Waals surface area contributed by atoms with Gasteiger partial charge in [0.1, 0.15) is 6.61 Å². The molecule has 1 fully saturated rings. The van der Waals surface area contributed by atoms with Gasteiger partial charge in [-0.15, -0.1) is 0 Å². The van der Waals surface area contributed by atoms with Gasteiger partial charge in [-0.3, -0.25) is 19.3 Å². The second-order valence-corrected chi connectivity index (χ2v) is 7.43. The average molecular weight is 361 g/mol. The van der Waals surface area contributed by atoms with Crippen LogP contribution in [0.2, 0.25) is 0 Å². The summed E-state index contributed by atoms with van der Waals surface area (Å²) in [4.78, 5) is 38.7. The molecule has 0 N–H and O–H groups in total. The number of nitrogens with zero attached hydrogens (tertiary/aromatic N) is 1. The zero-order valence-corrected chi connectivity index (χ0v) is 14.9. The van der Waals surface area contributed by atoms with Gasteiger partial charge in [-0.05, 0) is 22.3 Å². The highest BCUT2D eigenvalue weighted by molar-refractivity contribution is 6.07. The first kappa shape index (κ1) is 16.2. The number of carbonyl (C=O) groups is 3. The first-order chi connectivity index (χ1) is 13.1. The van der Waals surface area contributed by atoms with Crippen LogP contribution in [0.25, 0.3) is 0 Å². The number of carbonyl (C=O) groups excluding carboxylic acids is 3. The molecule has 3 aliphatic carbocycles. The Hall–Kier alpha value is -2.95. The molecule has 6 rings (SSSR count). The molecule has 0 aromatic heterocycles. The summed E-state index contributed by atoms with van der Waals surface area (Å²) in [6, 6.07) is 16.3. The maximum atomic E-state index is 13.2. The molecule has 5 nitrogen and oxygen atoms in total. The average Bonchev–Trinajstić information content (AvgIpc) is 2.93. The molecule has 2 amide bonds. The summed E-state index contributed by atoms with van der Waals surface area (Å²) in [5, 5.41) is 0. The number of benzene rings is 2. The number of amides is 2. The number of likely N-dealkylation sites (tertiary alicyclic amines) is 1.